The number of anilines is 1. The number of amides is 1. The van der Waals surface area contributed by atoms with Crippen molar-refractivity contribution in [2.45, 2.75) is 18.8 Å². The van der Waals surface area contributed by atoms with Crippen LogP contribution in [-0.2, 0) is 4.74 Å². The minimum absolute atomic E-state index is 0.203. The normalized spacial score (nSPS) is 15.7. The van der Waals surface area contributed by atoms with E-state index in [1.54, 1.807) is 12.1 Å². The maximum atomic E-state index is 12.4. The maximum absolute atomic E-state index is 12.4. The Bertz CT molecular complexity index is 880. The Morgan fingerprint density at radius 2 is 2.12 bits per heavy atom. The summed E-state index contributed by atoms with van der Waals surface area (Å²) >= 11 is 6.07. The van der Waals surface area contributed by atoms with Crippen LogP contribution in [0.3, 0.4) is 0 Å². The van der Waals surface area contributed by atoms with Crippen LogP contribution in [-0.4, -0.2) is 29.3 Å². The van der Waals surface area contributed by atoms with Crippen LogP contribution in [0.5, 0.6) is 0 Å². The third-order valence-electron chi connectivity index (χ3n) is 4.22. The summed E-state index contributed by atoms with van der Waals surface area (Å²) in [5.74, 6) is 0.718. The summed E-state index contributed by atoms with van der Waals surface area (Å²) in [6, 6.07) is 8.92. The van der Waals surface area contributed by atoms with Crippen molar-refractivity contribution >= 4 is 34.3 Å². The van der Waals surface area contributed by atoms with E-state index in [0.717, 1.165) is 37.1 Å². The van der Waals surface area contributed by atoms with Crippen molar-refractivity contribution in [2.75, 3.05) is 18.5 Å². The molecule has 0 aliphatic carbocycles. The lowest BCUT2D eigenvalue weighted by Crippen LogP contribution is -2.14. The minimum Gasteiger partial charge on any atom is -0.449 e. The predicted molar refractivity (Wildman–Crippen MR) is 90.6 cm³/mol. The van der Waals surface area contributed by atoms with Crippen molar-refractivity contribution in [1.29, 1.82) is 0 Å². The van der Waals surface area contributed by atoms with Crippen LogP contribution in [0.4, 0.5) is 5.82 Å². The van der Waals surface area contributed by atoms with E-state index in [-0.39, 0.29) is 11.7 Å². The van der Waals surface area contributed by atoms with Gasteiger partial charge in [-0.05, 0) is 25.0 Å². The molecule has 4 rings (SSSR count). The Kier molecular flexibility index (Phi) is 4.00. The molecule has 0 spiro atoms. The second-order valence-electron chi connectivity index (χ2n) is 5.82. The van der Waals surface area contributed by atoms with Crippen LogP contribution in [0.25, 0.3) is 11.0 Å². The summed E-state index contributed by atoms with van der Waals surface area (Å²) in [6.45, 7) is 1.51. The van der Waals surface area contributed by atoms with Gasteiger partial charge in [0.1, 0.15) is 0 Å². The Morgan fingerprint density at radius 3 is 2.92 bits per heavy atom. The summed E-state index contributed by atoms with van der Waals surface area (Å²) < 4.78 is 10.9. The molecule has 24 heavy (non-hydrogen) atoms. The van der Waals surface area contributed by atoms with Crippen molar-refractivity contribution in [1.82, 2.24) is 10.2 Å². The number of nitrogens with one attached hydrogen (secondary N) is 2. The molecule has 0 saturated carbocycles. The van der Waals surface area contributed by atoms with Gasteiger partial charge in [0.25, 0.3) is 5.91 Å². The number of para-hydroxylation sites is 1. The van der Waals surface area contributed by atoms with Gasteiger partial charge in [0.15, 0.2) is 17.2 Å². The smallest absolute Gasteiger partial charge is 0.292 e. The van der Waals surface area contributed by atoms with Gasteiger partial charge < -0.3 is 14.5 Å². The molecule has 1 aliphatic heterocycles. The van der Waals surface area contributed by atoms with E-state index < -0.39 is 0 Å². The summed E-state index contributed by atoms with van der Waals surface area (Å²) in [7, 11) is 0. The van der Waals surface area contributed by atoms with Crippen molar-refractivity contribution in [3.8, 4) is 0 Å². The largest absolute Gasteiger partial charge is 0.449 e. The van der Waals surface area contributed by atoms with E-state index in [1.807, 2.05) is 18.2 Å². The van der Waals surface area contributed by atoms with E-state index in [9.17, 15) is 4.79 Å². The fraction of sp³-hybridized carbons (Fsp3) is 0.294. The van der Waals surface area contributed by atoms with Crippen LogP contribution in [0.15, 0.2) is 34.7 Å². The first kappa shape index (κ1) is 15.2. The molecule has 2 N–H and O–H groups in total. The summed E-state index contributed by atoms with van der Waals surface area (Å²) in [5.41, 5.74) is 1.52. The van der Waals surface area contributed by atoms with E-state index in [4.69, 9.17) is 20.8 Å². The van der Waals surface area contributed by atoms with Crippen LogP contribution in [0, 0.1) is 0 Å². The van der Waals surface area contributed by atoms with Crippen molar-refractivity contribution in [2.24, 2.45) is 0 Å². The van der Waals surface area contributed by atoms with Gasteiger partial charge >= 0.3 is 0 Å². The van der Waals surface area contributed by atoms with E-state index >= 15 is 0 Å². The van der Waals surface area contributed by atoms with Gasteiger partial charge in [-0.15, -0.1) is 0 Å². The number of H-pyrrole nitrogens is 1. The molecule has 3 aromatic rings. The molecular weight excluding hydrogens is 330 g/mol. The van der Waals surface area contributed by atoms with Crippen LogP contribution < -0.4 is 5.32 Å². The molecule has 1 amide bonds. The molecule has 124 valence electrons. The number of halogens is 1. The van der Waals surface area contributed by atoms with E-state index in [0.29, 0.717) is 22.3 Å². The molecule has 3 heterocycles. The topological polar surface area (TPSA) is 80.1 Å². The highest BCUT2D eigenvalue weighted by Gasteiger charge is 2.20. The first-order valence-corrected chi connectivity index (χ1v) is 8.21. The molecular formula is C17H16ClN3O3. The molecule has 1 aromatic carbocycles. The Balaban J connectivity index is 1.51. The monoisotopic (exact) mass is 345 g/mol. The quantitative estimate of drug-likeness (QED) is 0.753. The summed E-state index contributed by atoms with van der Waals surface area (Å²) in [6.07, 6.45) is 1.91. The van der Waals surface area contributed by atoms with Gasteiger partial charge in [-0.3, -0.25) is 9.89 Å². The molecule has 0 atom stereocenters. The van der Waals surface area contributed by atoms with Gasteiger partial charge in [0, 0.05) is 36.3 Å². The van der Waals surface area contributed by atoms with Crippen LogP contribution in [0.1, 0.15) is 35.0 Å². The molecule has 0 radical (unpaired) electrons. The molecule has 7 heteroatoms. The average molecular weight is 346 g/mol. The first-order chi connectivity index (χ1) is 11.7. The number of hydrogen-bond donors (Lipinski definition) is 2. The van der Waals surface area contributed by atoms with Crippen molar-refractivity contribution < 1.29 is 13.9 Å². The number of carbonyl (C=O) groups is 1. The number of furan rings is 1. The highest BCUT2D eigenvalue weighted by Crippen LogP contribution is 2.28. The van der Waals surface area contributed by atoms with Gasteiger partial charge in [-0.1, -0.05) is 23.7 Å². The van der Waals surface area contributed by atoms with Gasteiger partial charge in [-0.25, -0.2) is 0 Å². The molecule has 1 aliphatic rings. The number of aromatic nitrogens is 2. The number of aromatic amines is 1. The van der Waals surface area contributed by atoms with Crippen molar-refractivity contribution in [3.63, 3.8) is 0 Å². The van der Waals surface area contributed by atoms with E-state index in [1.165, 1.54) is 0 Å². The van der Waals surface area contributed by atoms with Crippen LogP contribution in [0.2, 0.25) is 5.02 Å². The number of hydrogen-bond acceptors (Lipinski definition) is 4. The zero-order valence-corrected chi connectivity index (χ0v) is 13.6. The number of carbonyl (C=O) groups excluding carboxylic acids is 1. The van der Waals surface area contributed by atoms with Gasteiger partial charge in [-0.2, -0.15) is 5.10 Å². The second kappa shape index (κ2) is 6.30. The Hall–Kier alpha value is -2.31. The number of fused-ring (bicyclic) bond motifs is 1. The van der Waals surface area contributed by atoms with Crippen LogP contribution >= 0.6 is 11.6 Å². The highest BCUT2D eigenvalue weighted by molar-refractivity contribution is 6.34. The summed E-state index contributed by atoms with van der Waals surface area (Å²) in [5, 5.41) is 11.2. The molecule has 6 nitrogen and oxygen atoms in total. The van der Waals surface area contributed by atoms with Crippen molar-refractivity contribution in [3.05, 3.63) is 46.8 Å². The third kappa shape index (κ3) is 2.90. The summed E-state index contributed by atoms with van der Waals surface area (Å²) in [4.78, 5) is 12.4. The van der Waals surface area contributed by atoms with E-state index in [2.05, 4.69) is 15.5 Å². The molecule has 1 fully saturated rings. The lowest BCUT2D eigenvalue weighted by Gasteiger charge is -2.20. The number of nitrogens with zero attached hydrogens (tertiary/aromatic N) is 1. The highest BCUT2D eigenvalue weighted by atomic mass is 35.5. The average Bonchev–Trinajstić information content (AvgIpc) is 3.23. The predicted octanol–water partition coefficient (Wildman–Crippen LogP) is 3.96. The zero-order valence-electron chi connectivity index (χ0n) is 12.8. The second-order valence-corrected chi connectivity index (χ2v) is 6.23. The number of rotatable bonds is 3. The molecule has 0 unspecified atom stereocenters. The standard InChI is InChI=1S/C17H16ClN3O3/c18-12-3-1-2-11-8-14(24-16(11)12)17(22)19-15-9-13(20-21-15)10-4-6-23-7-5-10/h1-3,8-10H,4-7H2,(H2,19,20,21,22). The molecule has 0 bridgehead atoms. The number of ether oxygens (including phenoxy) is 1. The minimum atomic E-state index is -0.354. The fourth-order valence-electron chi connectivity index (χ4n) is 2.94. The third-order valence-corrected chi connectivity index (χ3v) is 4.52. The lowest BCUT2D eigenvalue weighted by atomic mass is 9.97. The van der Waals surface area contributed by atoms with Gasteiger partial charge in [0.2, 0.25) is 0 Å². The molecule has 1 saturated heterocycles. The maximum Gasteiger partial charge on any atom is 0.292 e. The lowest BCUT2D eigenvalue weighted by molar-refractivity contribution is 0.0845. The number of benzene rings is 1. The zero-order chi connectivity index (χ0) is 16.5. The SMILES string of the molecule is O=C(Nc1cc(C2CCOCC2)[nH]n1)c1cc2cccc(Cl)c2o1. The Labute approximate surface area is 143 Å². The fourth-order valence-corrected chi connectivity index (χ4v) is 3.16. The molecule has 2 aromatic heterocycles. The van der Waals surface area contributed by atoms with Gasteiger partial charge in [0.05, 0.1) is 5.02 Å². The first-order valence-electron chi connectivity index (χ1n) is 7.83. The Morgan fingerprint density at radius 1 is 1.29 bits per heavy atom.